The molecule has 2 N–H and O–H groups in total. The molecule has 0 saturated carbocycles. The maximum atomic E-state index is 12.3. The van der Waals surface area contributed by atoms with Gasteiger partial charge in [-0.15, -0.1) is 11.3 Å². The van der Waals surface area contributed by atoms with Crippen molar-refractivity contribution in [1.82, 2.24) is 15.5 Å². The first-order valence-electron chi connectivity index (χ1n) is 10.6. The van der Waals surface area contributed by atoms with E-state index in [1.165, 1.54) is 11.3 Å². The molecular formula is C23H31N3O4S. The molecular weight excluding hydrogens is 414 g/mol. The molecule has 1 unspecified atom stereocenters. The van der Waals surface area contributed by atoms with Crippen LogP contribution in [0.15, 0.2) is 41.8 Å². The van der Waals surface area contributed by atoms with E-state index in [1.807, 2.05) is 35.7 Å². The summed E-state index contributed by atoms with van der Waals surface area (Å²) in [5, 5.41) is 7.42. The van der Waals surface area contributed by atoms with Gasteiger partial charge in [-0.1, -0.05) is 18.2 Å². The lowest BCUT2D eigenvalue weighted by Crippen LogP contribution is -2.44. The highest BCUT2D eigenvalue weighted by molar-refractivity contribution is 7.12. The van der Waals surface area contributed by atoms with Gasteiger partial charge in [0.15, 0.2) is 0 Å². The third kappa shape index (κ3) is 7.34. The molecule has 2 aromatic rings. The van der Waals surface area contributed by atoms with Crippen LogP contribution in [0.1, 0.15) is 35.0 Å². The molecule has 0 spiro atoms. The maximum Gasteiger partial charge on any atom is 0.261 e. The van der Waals surface area contributed by atoms with Crippen LogP contribution in [0, 0.1) is 0 Å². The summed E-state index contributed by atoms with van der Waals surface area (Å²) in [6, 6.07) is 11.2. The molecule has 3 rings (SSSR count). The third-order valence-corrected chi connectivity index (χ3v) is 6.25. The molecule has 1 aliphatic heterocycles. The van der Waals surface area contributed by atoms with Crippen molar-refractivity contribution in [3.63, 3.8) is 0 Å². The smallest absolute Gasteiger partial charge is 0.261 e. The summed E-state index contributed by atoms with van der Waals surface area (Å²) in [5.41, 5.74) is 0.945. The van der Waals surface area contributed by atoms with Crippen molar-refractivity contribution in [2.24, 2.45) is 0 Å². The Bertz CT molecular complexity index is 837. The summed E-state index contributed by atoms with van der Waals surface area (Å²) in [4.78, 5) is 27.3. The van der Waals surface area contributed by atoms with Gasteiger partial charge in [0, 0.05) is 32.3 Å². The van der Waals surface area contributed by atoms with Gasteiger partial charge in [0.25, 0.3) is 5.91 Å². The van der Waals surface area contributed by atoms with E-state index >= 15 is 0 Å². The number of nitrogens with zero attached hydrogens (tertiary/aromatic N) is 1. The third-order valence-electron chi connectivity index (χ3n) is 5.38. The van der Waals surface area contributed by atoms with Gasteiger partial charge in [-0.2, -0.15) is 0 Å². The van der Waals surface area contributed by atoms with E-state index in [-0.39, 0.29) is 11.8 Å². The number of carbonyl (C=O) groups excluding carboxylic acids is 2. The van der Waals surface area contributed by atoms with E-state index in [4.69, 9.17) is 9.47 Å². The fraction of sp³-hybridized carbons (Fsp3) is 0.478. The Kier molecular flexibility index (Phi) is 8.87. The SMILES string of the molecule is CC(NC(=O)c1cccs1)C(=O)NCc1cccc(OCCN(C)C2CCOCC2)c1. The average molecular weight is 446 g/mol. The molecule has 1 atom stereocenters. The molecule has 7 nitrogen and oxygen atoms in total. The standard InChI is InChI=1S/C23H31N3O4S/c1-17(25-23(28)21-7-4-14-31-21)22(27)24-16-18-5-3-6-20(15-18)30-13-10-26(2)19-8-11-29-12-9-19/h3-7,14-15,17,19H,8-13,16H2,1-2H3,(H,24,27)(H,25,28). The second kappa shape index (κ2) is 11.8. The first-order valence-corrected chi connectivity index (χ1v) is 11.5. The van der Waals surface area contributed by atoms with Crippen molar-refractivity contribution in [3.05, 3.63) is 52.2 Å². The minimum atomic E-state index is -0.616. The van der Waals surface area contributed by atoms with Crippen molar-refractivity contribution in [3.8, 4) is 5.75 Å². The quantitative estimate of drug-likeness (QED) is 0.588. The molecule has 8 heteroatoms. The molecule has 1 saturated heterocycles. The predicted octanol–water partition coefficient (Wildman–Crippen LogP) is 2.67. The summed E-state index contributed by atoms with van der Waals surface area (Å²) in [6.45, 7) is 5.18. The maximum absolute atomic E-state index is 12.3. The van der Waals surface area contributed by atoms with Crippen LogP contribution >= 0.6 is 11.3 Å². The zero-order valence-corrected chi connectivity index (χ0v) is 19.0. The monoisotopic (exact) mass is 445 g/mol. The highest BCUT2D eigenvalue weighted by Crippen LogP contribution is 2.15. The number of thiophene rings is 1. The van der Waals surface area contributed by atoms with E-state index in [0.29, 0.717) is 24.1 Å². The molecule has 1 aromatic carbocycles. The Morgan fingerprint density at radius 2 is 2.06 bits per heavy atom. The Hall–Kier alpha value is -2.42. The minimum absolute atomic E-state index is 0.227. The van der Waals surface area contributed by atoms with Gasteiger partial charge < -0.3 is 20.1 Å². The second-order valence-electron chi connectivity index (χ2n) is 7.71. The van der Waals surface area contributed by atoms with E-state index < -0.39 is 6.04 Å². The Morgan fingerprint density at radius 1 is 1.26 bits per heavy atom. The van der Waals surface area contributed by atoms with E-state index in [0.717, 1.165) is 43.9 Å². The minimum Gasteiger partial charge on any atom is -0.492 e. The number of nitrogens with one attached hydrogen (secondary N) is 2. The van der Waals surface area contributed by atoms with Crippen LogP contribution in [0.2, 0.25) is 0 Å². The van der Waals surface area contributed by atoms with Crippen molar-refractivity contribution in [1.29, 1.82) is 0 Å². The van der Waals surface area contributed by atoms with Gasteiger partial charge in [0.1, 0.15) is 18.4 Å². The van der Waals surface area contributed by atoms with E-state index in [1.54, 1.807) is 13.0 Å². The zero-order chi connectivity index (χ0) is 22.1. The first-order chi connectivity index (χ1) is 15.0. The van der Waals surface area contributed by atoms with E-state index in [2.05, 4.69) is 22.6 Å². The lowest BCUT2D eigenvalue weighted by Gasteiger charge is -2.31. The van der Waals surface area contributed by atoms with Gasteiger partial charge in [-0.05, 0) is 56.0 Å². The molecule has 168 valence electrons. The van der Waals surface area contributed by atoms with Gasteiger partial charge in [0.2, 0.25) is 5.91 Å². The zero-order valence-electron chi connectivity index (χ0n) is 18.1. The summed E-state index contributed by atoms with van der Waals surface area (Å²) in [7, 11) is 2.13. The highest BCUT2D eigenvalue weighted by atomic mass is 32.1. The van der Waals surface area contributed by atoms with Crippen molar-refractivity contribution < 1.29 is 19.1 Å². The summed E-state index contributed by atoms with van der Waals surface area (Å²) >= 11 is 1.35. The lowest BCUT2D eigenvalue weighted by molar-refractivity contribution is -0.122. The molecule has 0 aliphatic carbocycles. The molecule has 31 heavy (non-hydrogen) atoms. The lowest BCUT2D eigenvalue weighted by atomic mass is 10.1. The van der Waals surface area contributed by atoms with E-state index in [9.17, 15) is 9.59 Å². The first kappa shape index (κ1) is 23.2. The molecule has 0 bridgehead atoms. The number of benzene rings is 1. The summed E-state index contributed by atoms with van der Waals surface area (Å²) in [6.07, 6.45) is 2.13. The molecule has 1 aromatic heterocycles. The van der Waals surface area contributed by atoms with Crippen LogP contribution in [-0.2, 0) is 16.1 Å². The van der Waals surface area contributed by atoms with Crippen LogP contribution in [0.5, 0.6) is 5.75 Å². The molecule has 1 aliphatic rings. The van der Waals surface area contributed by atoms with Crippen LogP contribution in [0.4, 0.5) is 0 Å². The molecule has 1 fully saturated rings. The molecule has 0 radical (unpaired) electrons. The number of rotatable bonds is 10. The van der Waals surface area contributed by atoms with Crippen molar-refractivity contribution >= 4 is 23.2 Å². The normalized spacial score (nSPS) is 15.5. The fourth-order valence-corrected chi connectivity index (χ4v) is 4.07. The van der Waals surface area contributed by atoms with Crippen molar-refractivity contribution in [2.75, 3.05) is 33.4 Å². The predicted molar refractivity (Wildman–Crippen MR) is 122 cm³/mol. The molecule has 2 heterocycles. The number of hydrogen-bond donors (Lipinski definition) is 2. The Labute approximate surface area is 187 Å². The Balaban J connectivity index is 1.40. The number of carbonyl (C=O) groups is 2. The number of likely N-dealkylation sites (N-methyl/N-ethyl adjacent to an activating group) is 1. The van der Waals surface area contributed by atoms with Gasteiger partial charge in [-0.25, -0.2) is 0 Å². The van der Waals surface area contributed by atoms with Crippen LogP contribution < -0.4 is 15.4 Å². The van der Waals surface area contributed by atoms with Crippen molar-refractivity contribution in [2.45, 2.75) is 38.4 Å². The summed E-state index contributed by atoms with van der Waals surface area (Å²) < 4.78 is 11.3. The van der Waals surface area contributed by atoms with Crippen LogP contribution in [-0.4, -0.2) is 62.2 Å². The fourth-order valence-electron chi connectivity index (χ4n) is 3.44. The molecule has 2 amide bonds. The number of amides is 2. The largest absolute Gasteiger partial charge is 0.492 e. The second-order valence-corrected chi connectivity index (χ2v) is 8.66. The van der Waals surface area contributed by atoms with Crippen LogP contribution in [0.3, 0.4) is 0 Å². The summed E-state index contributed by atoms with van der Waals surface area (Å²) in [5.74, 6) is 0.319. The topological polar surface area (TPSA) is 79.9 Å². The van der Waals surface area contributed by atoms with Gasteiger partial charge in [-0.3, -0.25) is 14.5 Å². The Morgan fingerprint density at radius 3 is 2.81 bits per heavy atom. The van der Waals surface area contributed by atoms with Gasteiger partial charge in [0.05, 0.1) is 4.88 Å². The highest BCUT2D eigenvalue weighted by Gasteiger charge is 2.18. The average Bonchev–Trinajstić information content (AvgIpc) is 3.33. The number of hydrogen-bond acceptors (Lipinski definition) is 6. The van der Waals surface area contributed by atoms with Crippen LogP contribution in [0.25, 0.3) is 0 Å². The van der Waals surface area contributed by atoms with Gasteiger partial charge >= 0.3 is 0 Å². The number of ether oxygens (including phenoxy) is 2.